The first-order valence-electron chi connectivity index (χ1n) is 8.53. The second-order valence-corrected chi connectivity index (χ2v) is 6.58. The number of halogens is 1. The fourth-order valence-corrected chi connectivity index (χ4v) is 3.06. The van der Waals surface area contributed by atoms with E-state index in [2.05, 4.69) is 25.9 Å². The molecule has 2 aromatic heterocycles. The highest BCUT2D eigenvalue weighted by Gasteiger charge is 2.12. The number of aryl methyl sites for hydroxylation is 1. The fourth-order valence-electron chi connectivity index (χ4n) is 2.88. The maximum absolute atomic E-state index is 11.9. The molecule has 0 amide bonds. The van der Waals surface area contributed by atoms with E-state index in [0.29, 0.717) is 24.1 Å². The Balaban J connectivity index is 1.87. The van der Waals surface area contributed by atoms with E-state index in [1.165, 1.54) is 0 Å². The number of aromatic nitrogens is 3. The molecule has 0 aliphatic heterocycles. The van der Waals surface area contributed by atoms with Crippen LogP contribution in [-0.2, 0) is 19.5 Å². The maximum atomic E-state index is 11.9. The van der Waals surface area contributed by atoms with Gasteiger partial charge in [0.05, 0.1) is 0 Å². The number of nitrogens with zero attached hydrogens (tertiary/aromatic N) is 3. The fraction of sp³-hybridized carbons (Fsp3) is 0.250. The number of nitrogens with one attached hydrogen (secondary N) is 1. The Morgan fingerprint density at radius 2 is 1.85 bits per heavy atom. The van der Waals surface area contributed by atoms with Gasteiger partial charge < -0.3 is 4.98 Å². The SMILES string of the molecule is CCc1cc(=O)[nH]c(-c2ccccc2CN(C)Cc2cccnc2Cl)n1. The average molecular weight is 369 g/mol. The third-order valence-electron chi connectivity index (χ3n) is 4.15. The lowest BCUT2D eigenvalue weighted by atomic mass is 10.1. The van der Waals surface area contributed by atoms with Crippen LogP contribution in [0.3, 0.4) is 0 Å². The van der Waals surface area contributed by atoms with Crippen molar-refractivity contribution in [1.82, 2.24) is 19.9 Å². The highest BCUT2D eigenvalue weighted by Crippen LogP contribution is 2.22. The molecule has 3 rings (SSSR count). The monoisotopic (exact) mass is 368 g/mol. The van der Waals surface area contributed by atoms with Crippen molar-refractivity contribution < 1.29 is 0 Å². The van der Waals surface area contributed by atoms with Gasteiger partial charge in [-0.2, -0.15) is 0 Å². The molecule has 0 radical (unpaired) electrons. The van der Waals surface area contributed by atoms with E-state index in [9.17, 15) is 4.79 Å². The molecule has 0 aliphatic carbocycles. The largest absolute Gasteiger partial charge is 0.307 e. The summed E-state index contributed by atoms with van der Waals surface area (Å²) in [4.78, 5) is 25.6. The van der Waals surface area contributed by atoms with E-state index in [1.54, 1.807) is 12.3 Å². The minimum absolute atomic E-state index is 0.128. The molecule has 1 aromatic carbocycles. The second kappa shape index (κ2) is 8.25. The van der Waals surface area contributed by atoms with Crippen LogP contribution in [0.4, 0.5) is 0 Å². The van der Waals surface area contributed by atoms with Crippen molar-refractivity contribution in [2.75, 3.05) is 7.05 Å². The average Bonchev–Trinajstić information content (AvgIpc) is 2.63. The van der Waals surface area contributed by atoms with Crippen LogP contribution >= 0.6 is 11.6 Å². The van der Waals surface area contributed by atoms with Crippen LogP contribution in [0, 0.1) is 0 Å². The number of hydrogen-bond acceptors (Lipinski definition) is 4. The van der Waals surface area contributed by atoms with E-state index in [1.807, 2.05) is 44.3 Å². The molecule has 2 heterocycles. The first-order chi connectivity index (χ1) is 12.6. The van der Waals surface area contributed by atoms with Gasteiger partial charge >= 0.3 is 0 Å². The molecule has 6 heteroatoms. The highest BCUT2D eigenvalue weighted by atomic mass is 35.5. The Hall–Kier alpha value is -2.50. The predicted octanol–water partition coefficient (Wildman–Crippen LogP) is 3.68. The molecule has 0 bridgehead atoms. The van der Waals surface area contributed by atoms with Gasteiger partial charge in [-0.05, 0) is 25.1 Å². The van der Waals surface area contributed by atoms with Crippen LogP contribution in [0.2, 0.25) is 5.15 Å². The summed E-state index contributed by atoms with van der Waals surface area (Å²) in [5, 5.41) is 0.522. The van der Waals surface area contributed by atoms with Crippen LogP contribution in [-0.4, -0.2) is 26.9 Å². The Morgan fingerprint density at radius 1 is 1.12 bits per heavy atom. The summed E-state index contributed by atoms with van der Waals surface area (Å²) in [6.07, 6.45) is 2.41. The molecule has 3 aromatic rings. The molecule has 0 saturated heterocycles. The van der Waals surface area contributed by atoms with Crippen molar-refractivity contribution >= 4 is 11.6 Å². The Kier molecular flexibility index (Phi) is 5.81. The third-order valence-corrected chi connectivity index (χ3v) is 4.49. The number of pyridine rings is 1. The summed E-state index contributed by atoms with van der Waals surface area (Å²) >= 11 is 6.16. The molecule has 5 nitrogen and oxygen atoms in total. The quantitative estimate of drug-likeness (QED) is 0.674. The molecule has 26 heavy (non-hydrogen) atoms. The van der Waals surface area contributed by atoms with E-state index >= 15 is 0 Å². The molecule has 0 aliphatic rings. The van der Waals surface area contributed by atoms with Gasteiger partial charge in [-0.25, -0.2) is 9.97 Å². The van der Waals surface area contributed by atoms with Gasteiger partial charge in [0.2, 0.25) is 0 Å². The van der Waals surface area contributed by atoms with Gasteiger partial charge in [0.25, 0.3) is 5.56 Å². The second-order valence-electron chi connectivity index (χ2n) is 6.22. The first-order valence-corrected chi connectivity index (χ1v) is 8.91. The van der Waals surface area contributed by atoms with E-state index in [-0.39, 0.29) is 5.56 Å². The van der Waals surface area contributed by atoms with E-state index in [0.717, 1.165) is 28.8 Å². The van der Waals surface area contributed by atoms with Gasteiger partial charge in [0.15, 0.2) is 0 Å². The highest BCUT2D eigenvalue weighted by molar-refractivity contribution is 6.30. The van der Waals surface area contributed by atoms with Crippen LogP contribution in [0.5, 0.6) is 0 Å². The Bertz CT molecular complexity index is 954. The molecule has 0 unspecified atom stereocenters. The summed E-state index contributed by atoms with van der Waals surface area (Å²) < 4.78 is 0. The van der Waals surface area contributed by atoms with Crippen LogP contribution < -0.4 is 5.56 Å². The molecule has 0 spiro atoms. The zero-order valence-electron chi connectivity index (χ0n) is 14.9. The van der Waals surface area contributed by atoms with Gasteiger partial charge in [-0.3, -0.25) is 9.69 Å². The standard InChI is InChI=1S/C20H21ClN4O/c1-3-16-11-18(26)24-20(23-16)17-9-5-4-7-14(17)12-25(2)13-15-8-6-10-22-19(15)21/h4-11H,3,12-13H2,1-2H3,(H,23,24,26). The topological polar surface area (TPSA) is 61.9 Å². The maximum Gasteiger partial charge on any atom is 0.251 e. The minimum atomic E-state index is -0.128. The number of rotatable bonds is 6. The summed E-state index contributed by atoms with van der Waals surface area (Å²) in [7, 11) is 2.03. The van der Waals surface area contributed by atoms with Gasteiger partial charge in [-0.15, -0.1) is 0 Å². The Morgan fingerprint density at radius 3 is 2.62 bits per heavy atom. The van der Waals surface area contributed by atoms with E-state index < -0.39 is 0 Å². The zero-order chi connectivity index (χ0) is 18.5. The molecular weight excluding hydrogens is 348 g/mol. The third kappa shape index (κ3) is 4.36. The summed E-state index contributed by atoms with van der Waals surface area (Å²) in [6.45, 7) is 3.37. The lowest BCUT2D eigenvalue weighted by molar-refractivity contribution is 0.319. The zero-order valence-corrected chi connectivity index (χ0v) is 15.6. The van der Waals surface area contributed by atoms with Gasteiger partial charge in [0, 0.05) is 42.2 Å². The molecular formula is C20H21ClN4O. The van der Waals surface area contributed by atoms with Crippen LogP contribution in [0.15, 0.2) is 53.5 Å². The molecule has 0 saturated carbocycles. The molecule has 1 N–H and O–H groups in total. The lowest BCUT2D eigenvalue weighted by Gasteiger charge is -2.19. The van der Waals surface area contributed by atoms with Crippen molar-refractivity contribution in [3.8, 4) is 11.4 Å². The summed E-state index contributed by atoms with van der Waals surface area (Å²) in [5.41, 5.74) is 3.66. The van der Waals surface area contributed by atoms with Gasteiger partial charge in [0.1, 0.15) is 11.0 Å². The minimum Gasteiger partial charge on any atom is -0.307 e. The predicted molar refractivity (Wildman–Crippen MR) is 104 cm³/mol. The van der Waals surface area contributed by atoms with Crippen molar-refractivity contribution in [1.29, 1.82) is 0 Å². The number of aromatic amines is 1. The van der Waals surface area contributed by atoms with E-state index in [4.69, 9.17) is 11.6 Å². The molecule has 134 valence electrons. The van der Waals surface area contributed by atoms with Gasteiger partial charge in [-0.1, -0.05) is 48.9 Å². The van der Waals surface area contributed by atoms with Crippen molar-refractivity contribution in [2.45, 2.75) is 26.4 Å². The summed E-state index contributed by atoms with van der Waals surface area (Å²) in [6, 6.07) is 13.4. The van der Waals surface area contributed by atoms with Crippen molar-refractivity contribution in [3.05, 3.63) is 81.0 Å². The van der Waals surface area contributed by atoms with Crippen LogP contribution in [0.1, 0.15) is 23.7 Å². The van der Waals surface area contributed by atoms with Crippen molar-refractivity contribution in [3.63, 3.8) is 0 Å². The first kappa shape index (κ1) is 18.3. The lowest BCUT2D eigenvalue weighted by Crippen LogP contribution is -2.19. The number of H-pyrrole nitrogens is 1. The Labute approximate surface area is 157 Å². The number of hydrogen-bond donors (Lipinski definition) is 1. The smallest absolute Gasteiger partial charge is 0.251 e. The van der Waals surface area contributed by atoms with Crippen LogP contribution in [0.25, 0.3) is 11.4 Å². The molecule has 0 fully saturated rings. The normalized spacial score (nSPS) is 11.1. The summed E-state index contributed by atoms with van der Waals surface area (Å²) in [5.74, 6) is 0.609. The molecule has 0 atom stereocenters. The number of benzene rings is 1. The van der Waals surface area contributed by atoms with Crippen molar-refractivity contribution in [2.24, 2.45) is 0 Å².